The largest absolute Gasteiger partial charge is 0.235 e. The molecule has 3 heteroatoms. The number of hydrogen-bond donors (Lipinski definition) is 0. The van der Waals surface area contributed by atoms with Crippen LogP contribution in [0.25, 0.3) is 0 Å². The summed E-state index contributed by atoms with van der Waals surface area (Å²) in [4.78, 5) is 13.6. The molecule has 0 aliphatic rings. The van der Waals surface area contributed by atoms with Crippen LogP contribution in [-0.4, -0.2) is 6.08 Å². The molecule has 0 fully saturated rings. The SMILES string of the molecule is CC(C)(N=C=O)c1ccccc1F. The van der Waals surface area contributed by atoms with Crippen molar-refractivity contribution in [1.29, 1.82) is 0 Å². The summed E-state index contributed by atoms with van der Waals surface area (Å²) >= 11 is 0. The van der Waals surface area contributed by atoms with E-state index in [1.165, 1.54) is 12.1 Å². The summed E-state index contributed by atoms with van der Waals surface area (Å²) in [5, 5.41) is 0. The van der Waals surface area contributed by atoms with Crippen molar-refractivity contribution < 1.29 is 9.18 Å². The molecule has 0 amide bonds. The van der Waals surface area contributed by atoms with E-state index in [1.54, 1.807) is 32.0 Å². The Morgan fingerprint density at radius 1 is 1.38 bits per heavy atom. The van der Waals surface area contributed by atoms with E-state index in [9.17, 15) is 9.18 Å². The molecule has 0 unspecified atom stereocenters. The number of isocyanates is 1. The van der Waals surface area contributed by atoms with Gasteiger partial charge in [0.05, 0.1) is 5.54 Å². The minimum Gasteiger partial charge on any atom is -0.211 e. The predicted molar refractivity (Wildman–Crippen MR) is 47.5 cm³/mol. The van der Waals surface area contributed by atoms with E-state index in [1.807, 2.05) is 0 Å². The molecule has 0 heterocycles. The second-order valence-electron chi connectivity index (χ2n) is 3.24. The molecule has 0 aliphatic carbocycles. The van der Waals surface area contributed by atoms with Crippen molar-refractivity contribution >= 4 is 6.08 Å². The third-order valence-electron chi connectivity index (χ3n) is 1.86. The monoisotopic (exact) mass is 179 g/mol. The summed E-state index contributed by atoms with van der Waals surface area (Å²) in [5.74, 6) is -0.355. The van der Waals surface area contributed by atoms with Gasteiger partial charge in [0.15, 0.2) is 0 Å². The summed E-state index contributed by atoms with van der Waals surface area (Å²) in [6.07, 6.45) is 1.44. The van der Waals surface area contributed by atoms with Crippen LogP contribution in [-0.2, 0) is 10.3 Å². The van der Waals surface area contributed by atoms with Crippen LogP contribution in [0.1, 0.15) is 19.4 Å². The molecule has 0 N–H and O–H groups in total. The molecule has 0 radical (unpaired) electrons. The van der Waals surface area contributed by atoms with Crippen molar-refractivity contribution in [3.05, 3.63) is 35.6 Å². The number of aliphatic imine (C=N–C) groups is 1. The van der Waals surface area contributed by atoms with Crippen LogP contribution in [0.15, 0.2) is 29.3 Å². The number of hydrogen-bond acceptors (Lipinski definition) is 2. The fourth-order valence-corrected chi connectivity index (χ4v) is 1.13. The predicted octanol–water partition coefficient (Wildman–Crippen LogP) is 2.40. The van der Waals surface area contributed by atoms with Gasteiger partial charge in [0.2, 0.25) is 6.08 Å². The minimum atomic E-state index is -0.840. The quantitative estimate of drug-likeness (QED) is 0.506. The zero-order valence-corrected chi connectivity index (χ0v) is 7.54. The topological polar surface area (TPSA) is 29.4 Å². The Morgan fingerprint density at radius 2 is 2.00 bits per heavy atom. The zero-order valence-electron chi connectivity index (χ0n) is 7.54. The van der Waals surface area contributed by atoms with Crippen LogP contribution in [0.5, 0.6) is 0 Å². The van der Waals surface area contributed by atoms with Crippen molar-refractivity contribution in [1.82, 2.24) is 0 Å². The smallest absolute Gasteiger partial charge is 0.211 e. The van der Waals surface area contributed by atoms with Crippen LogP contribution in [0.2, 0.25) is 0 Å². The third kappa shape index (κ3) is 2.01. The lowest BCUT2D eigenvalue weighted by Gasteiger charge is -2.18. The van der Waals surface area contributed by atoms with Crippen molar-refractivity contribution in [2.45, 2.75) is 19.4 Å². The van der Waals surface area contributed by atoms with Gasteiger partial charge in [0, 0.05) is 5.56 Å². The normalized spacial score (nSPS) is 10.7. The molecule has 1 aromatic rings. The first-order chi connectivity index (χ1) is 6.08. The Bertz CT molecular complexity index is 354. The molecule has 0 spiro atoms. The van der Waals surface area contributed by atoms with Crippen LogP contribution in [0.3, 0.4) is 0 Å². The number of halogens is 1. The van der Waals surface area contributed by atoms with Crippen molar-refractivity contribution in [2.24, 2.45) is 4.99 Å². The number of rotatable bonds is 2. The average Bonchev–Trinajstić information content (AvgIpc) is 2.04. The molecule has 2 nitrogen and oxygen atoms in total. The first-order valence-electron chi connectivity index (χ1n) is 3.92. The third-order valence-corrected chi connectivity index (χ3v) is 1.86. The van der Waals surface area contributed by atoms with Crippen LogP contribution < -0.4 is 0 Å². The molecule has 0 saturated heterocycles. The number of benzene rings is 1. The molecule has 0 atom stereocenters. The molecule has 0 bridgehead atoms. The molecule has 0 aromatic heterocycles. The summed E-state index contributed by atoms with van der Waals surface area (Å²) in [6.45, 7) is 3.33. The highest BCUT2D eigenvalue weighted by Crippen LogP contribution is 2.26. The molecule has 0 aliphatic heterocycles. The van der Waals surface area contributed by atoms with E-state index < -0.39 is 5.54 Å². The minimum absolute atomic E-state index is 0.355. The van der Waals surface area contributed by atoms with Gasteiger partial charge in [0.1, 0.15) is 5.82 Å². The van der Waals surface area contributed by atoms with Crippen molar-refractivity contribution in [2.75, 3.05) is 0 Å². The Kier molecular flexibility index (Phi) is 2.59. The lowest BCUT2D eigenvalue weighted by Crippen LogP contribution is -2.15. The van der Waals surface area contributed by atoms with Gasteiger partial charge in [-0.25, -0.2) is 9.18 Å². The van der Waals surface area contributed by atoms with Gasteiger partial charge in [0.25, 0.3) is 0 Å². The van der Waals surface area contributed by atoms with Crippen LogP contribution >= 0.6 is 0 Å². The molecule has 1 rings (SSSR count). The Hall–Kier alpha value is -1.47. The van der Waals surface area contributed by atoms with Crippen molar-refractivity contribution in [3.8, 4) is 0 Å². The Balaban J connectivity index is 3.21. The molecular formula is C10H10FNO. The maximum atomic E-state index is 13.2. The van der Waals surface area contributed by atoms with E-state index in [-0.39, 0.29) is 5.82 Å². The summed E-state index contributed by atoms with van der Waals surface area (Å²) in [5.41, 5.74) is -0.439. The fraction of sp³-hybridized carbons (Fsp3) is 0.300. The highest BCUT2D eigenvalue weighted by molar-refractivity contribution is 5.37. The molecule has 0 saturated carbocycles. The first kappa shape index (κ1) is 9.62. The summed E-state index contributed by atoms with van der Waals surface area (Å²) in [7, 11) is 0. The maximum Gasteiger partial charge on any atom is 0.235 e. The average molecular weight is 179 g/mol. The Labute approximate surface area is 76.1 Å². The zero-order chi connectivity index (χ0) is 9.90. The van der Waals surface area contributed by atoms with Gasteiger partial charge in [-0.3, -0.25) is 0 Å². The van der Waals surface area contributed by atoms with Gasteiger partial charge in [-0.1, -0.05) is 18.2 Å². The summed E-state index contributed by atoms with van der Waals surface area (Å²) < 4.78 is 13.2. The second kappa shape index (κ2) is 3.50. The number of nitrogens with zero attached hydrogens (tertiary/aromatic N) is 1. The van der Waals surface area contributed by atoms with Crippen molar-refractivity contribution in [3.63, 3.8) is 0 Å². The Morgan fingerprint density at radius 3 is 2.54 bits per heavy atom. The highest BCUT2D eigenvalue weighted by Gasteiger charge is 2.22. The van der Waals surface area contributed by atoms with Crippen LogP contribution in [0.4, 0.5) is 4.39 Å². The standard InChI is InChI=1S/C10H10FNO/c1-10(2,12-7-13)8-5-3-4-6-9(8)11/h3-6H,1-2H3. The van der Waals surface area contributed by atoms with Gasteiger partial charge in [-0.2, -0.15) is 4.99 Å². The van der Waals surface area contributed by atoms with Gasteiger partial charge >= 0.3 is 0 Å². The summed E-state index contributed by atoms with van der Waals surface area (Å²) in [6, 6.07) is 6.26. The number of carbonyl (C=O) groups excluding carboxylic acids is 1. The molecular weight excluding hydrogens is 169 g/mol. The molecule has 68 valence electrons. The van der Waals surface area contributed by atoms with Gasteiger partial charge in [-0.15, -0.1) is 0 Å². The van der Waals surface area contributed by atoms with Crippen LogP contribution in [0, 0.1) is 5.82 Å². The van der Waals surface area contributed by atoms with Gasteiger partial charge in [-0.05, 0) is 19.9 Å². The lowest BCUT2D eigenvalue weighted by atomic mass is 9.95. The van der Waals surface area contributed by atoms with E-state index >= 15 is 0 Å². The van der Waals surface area contributed by atoms with Gasteiger partial charge < -0.3 is 0 Å². The van der Waals surface area contributed by atoms with E-state index in [0.717, 1.165) is 0 Å². The first-order valence-corrected chi connectivity index (χ1v) is 3.92. The van der Waals surface area contributed by atoms with E-state index in [4.69, 9.17) is 0 Å². The maximum absolute atomic E-state index is 13.2. The molecule has 1 aromatic carbocycles. The lowest BCUT2D eigenvalue weighted by molar-refractivity contribution is 0.492. The highest BCUT2D eigenvalue weighted by atomic mass is 19.1. The van der Waals surface area contributed by atoms with E-state index in [0.29, 0.717) is 5.56 Å². The second-order valence-corrected chi connectivity index (χ2v) is 3.24. The fourth-order valence-electron chi connectivity index (χ4n) is 1.13. The molecule has 13 heavy (non-hydrogen) atoms. The van der Waals surface area contributed by atoms with E-state index in [2.05, 4.69) is 4.99 Å².